The summed E-state index contributed by atoms with van der Waals surface area (Å²) in [4.78, 5) is 13.0. The molecule has 1 atom stereocenters. The lowest BCUT2D eigenvalue weighted by Crippen LogP contribution is -2.29. The minimum Gasteiger partial charge on any atom is -0.377 e. The number of hydrogen-bond acceptors (Lipinski definition) is 5. The van der Waals surface area contributed by atoms with Crippen molar-refractivity contribution in [1.82, 2.24) is 20.2 Å². The molecule has 3 aromatic rings. The van der Waals surface area contributed by atoms with Crippen molar-refractivity contribution in [3.05, 3.63) is 71.3 Å². The fourth-order valence-electron chi connectivity index (χ4n) is 2.89. The Hall–Kier alpha value is -3.13. The Bertz CT molecular complexity index is 944. The Morgan fingerprint density at radius 2 is 2.00 bits per heavy atom. The molecule has 1 N–H and O–H groups in total. The van der Waals surface area contributed by atoms with Crippen LogP contribution in [-0.4, -0.2) is 32.7 Å². The van der Waals surface area contributed by atoms with Crippen molar-refractivity contribution in [2.24, 2.45) is 0 Å². The lowest BCUT2D eigenvalue weighted by Gasteiger charge is -2.18. The van der Waals surface area contributed by atoms with Crippen molar-refractivity contribution in [2.45, 2.75) is 32.9 Å². The predicted octanol–water partition coefficient (Wildman–Crippen LogP) is 3.08. The van der Waals surface area contributed by atoms with Gasteiger partial charge < -0.3 is 10.1 Å². The second kappa shape index (κ2) is 9.18. The van der Waals surface area contributed by atoms with Gasteiger partial charge in [0.15, 0.2) is 0 Å². The van der Waals surface area contributed by atoms with Gasteiger partial charge in [-0.05, 0) is 59.7 Å². The summed E-state index contributed by atoms with van der Waals surface area (Å²) < 4.78 is 20.4. The highest BCUT2D eigenvalue weighted by Crippen LogP contribution is 2.19. The van der Waals surface area contributed by atoms with E-state index in [1.54, 1.807) is 25.1 Å². The van der Waals surface area contributed by atoms with E-state index in [2.05, 4.69) is 20.8 Å². The number of amides is 1. The molecule has 0 spiro atoms. The van der Waals surface area contributed by atoms with Crippen molar-refractivity contribution in [1.29, 1.82) is 0 Å². The first-order chi connectivity index (χ1) is 13.6. The molecule has 1 amide bonds. The Balaban J connectivity index is 1.82. The molecule has 3 rings (SSSR count). The fraction of sp³-hybridized carbons (Fsp3) is 0.300. The van der Waals surface area contributed by atoms with Gasteiger partial charge in [0.25, 0.3) is 0 Å². The molecule has 0 aliphatic heterocycles. The van der Waals surface area contributed by atoms with Crippen molar-refractivity contribution < 1.29 is 13.9 Å². The van der Waals surface area contributed by atoms with E-state index in [1.807, 2.05) is 25.1 Å². The van der Waals surface area contributed by atoms with Crippen LogP contribution in [0.1, 0.15) is 29.9 Å². The van der Waals surface area contributed by atoms with Crippen LogP contribution in [0.2, 0.25) is 0 Å². The summed E-state index contributed by atoms with van der Waals surface area (Å²) in [6, 6.07) is 12.9. The molecule has 0 saturated heterocycles. The highest BCUT2D eigenvalue weighted by atomic mass is 19.1. The maximum atomic E-state index is 13.6. The molecule has 2 aromatic carbocycles. The topological polar surface area (TPSA) is 81.9 Å². The van der Waals surface area contributed by atoms with E-state index in [0.29, 0.717) is 30.3 Å². The normalized spacial score (nSPS) is 12.0. The minimum atomic E-state index is -0.715. The zero-order chi connectivity index (χ0) is 19.9. The standard InChI is InChI=1S/C20H22FN5O2/c1-3-28-13-16-7-5-9-18(11-16)22-20(27)19(26-14(2)23-24-25-26)12-15-6-4-8-17(21)10-15/h4-11,19H,3,12-13H2,1-2H3,(H,22,27). The van der Waals surface area contributed by atoms with Crippen LogP contribution in [0.4, 0.5) is 10.1 Å². The molecule has 0 fully saturated rings. The quantitative estimate of drug-likeness (QED) is 0.646. The number of hydrogen-bond donors (Lipinski definition) is 1. The third-order valence-corrected chi connectivity index (χ3v) is 4.24. The highest BCUT2D eigenvalue weighted by Gasteiger charge is 2.24. The van der Waals surface area contributed by atoms with Gasteiger partial charge in [0.05, 0.1) is 6.61 Å². The van der Waals surface area contributed by atoms with E-state index in [9.17, 15) is 9.18 Å². The number of halogens is 1. The van der Waals surface area contributed by atoms with E-state index < -0.39 is 6.04 Å². The number of rotatable bonds is 8. The molecule has 0 aliphatic carbocycles. The van der Waals surface area contributed by atoms with Crippen LogP contribution >= 0.6 is 0 Å². The Morgan fingerprint density at radius 3 is 2.71 bits per heavy atom. The molecule has 0 radical (unpaired) electrons. The number of aryl methyl sites for hydroxylation is 1. The summed E-state index contributed by atoms with van der Waals surface area (Å²) in [6.07, 6.45) is 0.258. The second-order valence-electron chi connectivity index (χ2n) is 6.35. The van der Waals surface area contributed by atoms with Crippen LogP contribution in [0.15, 0.2) is 48.5 Å². The van der Waals surface area contributed by atoms with E-state index in [0.717, 1.165) is 5.56 Å². The van der Waals surface area contributed by atoms with Crippen LogP contribution in [-0.2, 0) is 22.6 Å². The summed E-state index contributed by atoms with van der Waals surface area (Å²) in [6.45, 7) is 4.73. The largest absolute Gasteiger partial charge is 0.377 e. The summed E-state index contributed by atoms with van der Waals surface area (Å²) in [5, 5.41) is 14.3. The number of carbonyl (C=O) groups excluding carboxylic acids is 1. The zero-order valence-electron chi connectivity index (χ0n) is 15.8. The van der Waals surface area contributed by atoms with Crippen LogP contribution < -0.4 is 5.32 Å². The number of tetrazole rings is 1. The summed E-state index contributed by atoms with van der Waals surface area (Å²) in [7, 11) is 0. The van der Waals surface area contributed by atoms with Crippen molar-refractivity contribution in [3.63, 3.8) is 0 Å². The molecule has 0 aliphatic rings. The Labute approximate surface area is 162 Å². The van der Waals surface area contributed by atoms with Gasteiger partial charge in [0.1, 0.15) is 17.7 Å². The number of carbonyl (C=O) groups is 1. The third kappa shape index (κ3) is 4.98. The molecular weight excluding hydrogens is 361 g/mol. The summed E-state index contributed by atoms with van der Waals surface area (Å²) in [5.41, 5.74) is 2.29. The molecule has 1 heterocycles. The van der Waals surface area contributed by atoms with Crippen molar-refractivity contribution in [2.75, 3.05) is 11.9 Å². The molecular formula is C20H22FN5O2. The van der Waals surface area contributed by atoms with E-state index >= 15 is 0 Å². The first kappa shape index (κ1) is 19.6. The molecule has 1 aromatic heterocycles. The van der Waals surface area contributed by atoms with E-state index in [1.165, 1.54) is 16.8 Å². The number of nitrogens with one attached hydrogen (secondary N) is 1. The Morgan fingerprint density at radius 1 is 1.21 bits per heavy atom. The van der Waals surface area contributed by atoms with Gasteiger partial charge >= 0.3 is 0 Å². The average molecular weight is 383 g/mol. The second-order valence-corrected chi connectivity index (χ2v) is 6.35. The predicted molar refractivity (Wildman–Crippen MR) is 102 cm³/mol. The third-order valence-electron chi connectivity index (χ3n) is 4.24. The molecule has 0 saturated carbocycles. The lowest BCUT2D eigenvalue weighted by atomic mass is 10.0. The fourth-order valence-corrected chi connectivity index (χ4v) is 2.89. The van der Waals surface area contributed by atoms with Gasteiger partial charge in [0.2, 0.25) is 5.91 Å². The number of anilines is 1. The molecule has 146 valence electrons. The first-order valence-corrected chi connectivity index (χ1v) is 9.03. The lowest BCUT2D eigenvalue weighted by molar-refractivity contribution is -0.119. The van der Waals surface area contributed by atoms with E-state index in [-0.39, 0.29) is 18.1 Å². The van der Waals surface area contributed by atoms with Crippen LogP contribution in [0.3, 0.4) is 0 Å². The number of nitrogens with zero attached hydrogens (tertiary/aromatic N) is 4. The Kier molecular flexibility index (Phi) is 6.44. The van der Waals surface area contributed by atoms with Gasteiger partial charge in [0, 0.05) is 18.7 Å². The SMILES string of the molecule is CCOCc1cccc(NC(=O)C(Cc2cccc(F)c2)n2nnnc2C)c1. The van der Waals surface area contributed by atoms with Crippen LogP contribution in [0.5, 0.6) is 0 Å². The van der Waals surface area contributed by atoms with Gasteiger partial charge in [-0.15, -0.1) is 5.10 Å². The maximum Gasteiger partial charge on any atom is 0.249 e. The van der Waals surface area contributed by atoms with Crippen LogP contribution in [0.25, 0.3) is 0 Å². The molecule has 8 heteroatoms. The molecule has 7 nitrogen and oxygen atoms in total. The number of ether oxygens (including phenoxy) is 1. The van der Waals surface area contributed by atoms with Gasteiger partial charge in [-0.2, -0.15) is 0 Å². The van der Waals surface area contributed by atoms with Gasteiger partial charge in [-0.1, -0.05) is 24.3 Å². The zero-order valence-corrected chi connectivity index (χ0v) is 15.8. The van der Waals surface area contributed by atoms with Crippen LogP contribution in [0, 0.1) is 12.7 Å². The highest BCUT2D eigenvalue weighted by molar-refractivity contribution is 5.94. The molecule has 0 bridgehead atoms. The van der Waals surface area contributed by atoms with Crippen molar-refractivity contribution >= 4 is 11.6 Å². The van der Waals surface area contributed by atoms with Gasteiger partial charge in [-0.25, -0.2) is 9.07 Å². The average Bonchev–Trinajstić information content (AvgIpc) is 3.10. The monoisotopic (exact) mass is 383 g/mol. The number of benzene rings is 2. The number of aromatic nitrogens is 4. The molecule has 28 heavy (non-hydrogen) atoms. The molecule has 1 unspecified atom stereocenters. The minimum absolute atomic E-state index is 0.258. The van der Waals surface area contributed by atoms with Crippen molar-refractivity contribution in [3.8, 4) is 0 Å². The summed E-state index contributed by atoms with van der Waals surface area (Å²) in [5.74, 6) is -0.136. The van der Waals surface area contributed by atoms with Gasteiger partial charge in [-0.3, -0.25) is 4.79 Å². The smallest absolute Gasteiger partial charge is 0.249 e. The van der Waals surface area contributed by atoms with E-state index in [4.69, 9.17) is 4.74 Å². The summed E-state index contributed by atoms with van der Waals surface area (Å²) >= 11 is 0. The first-order valence-electron chi connectivity index (χ1n) is 9.03. The maximum absolute atomic E-state index is 13.6.